The Labute approximate surface area is 118 Å². The van der Waals surface area contributed by atoms with E-state index in [1.54, 1.807) is 7.11 Å². The molecule has 0 radical (unpaired) electrons. The van der Waals surface area contributed by atoms with Gasteiger partial charge in [0.2, 0.25) is 0 Å². The van der Waals surface area contributed by atoms with Gasteiger partial charge in [0.15, 0.2) is 5.78 Å². The van der Waals surface area contributed by atoms with E-state index in [4.69, 9.17) is 4.74 Å². The number of ketones is 1. The molecule has 20 heavy (non-hydrogen) atoms. The van der Waals surface area contributed by atoms with Crippen LogP contribution >= 0.6 is 0 Å². The zero-order valence-electron chi connectivity index (χ0n) is 11.5. The Morgan fingerprint density at radius 1 is 1.10 bits per heavy atom. The van der Waals surface area contributed by atoms with Gasteiger partial charge in [-0.25, -0.2) is 0 Å². The average Bonchev–Trinajstić information content (AvgIpc) is 2.50. The number of carbonyl (C=O) groups excluding carboxylic acids is 1. The van der Waals surface area contributed by atoms with Crippen molar-refractivity contribution < 1.29 is 9.53 Å². The van der Waals surface area contributed by atoms with E-state index >= 15 is 0 Å². The molecule has 0 spiro atoms. The van der Waals surface area contributed by atoms with E-state index in [0.717, 1.165) is 24.3 Å². The maximum absolute atomic E-state index is 12.2. The van der Waals surface area contributed by atoms with Crippen molar-refractivity contribution >= 4 is 11.5 Å². The minimum atomic E-state index is 0.168. The van der Waals surface area contributed by atoms with Crippen LogP contribution in [0.4, 0.5) is 5.69 Å². The van der Waals surface area contributed by atoms with E-state index in [9.17, 15) is 4.79 Å². The first-order valence-electron chi connectivity index (χ1n) is 6.78. The van der Waals surface area contributed by atoms with Crippen LogP contribution in [0.1, 0.15) is 22.3 Å². The standard InChI is InChI=1S/C17H17NO2/c1-20-16-9-5-8-14-17(16)15(19)10-11-18(14)12-13-6-3-2-4-7-13/h2-9H,10-12H2,1H3. The third-order valence-electron chi connectivity index (χ3n) is 3.67. The molecule has 0 saturated heterocycles. The molecule has 0 unspecified atom stereocenters. The highest BCUT2D eigenvalue weighted by molar-refractivity contribution is 6.05. The zero-order valence-corrected chi connectivity index (χ0v) is 11.5. The molecule has 0 atom stereocenters. The molecule has 1 aliphatic heterocycles. The van der Waals surface area contributed by atoms with Gasteiger partial charge in [0, 0.05) is 19.5 Å². The molecular weight excluding hydrogens is 250 g/mol. The maximum Gasteiger partial charge on any atom is 0.170 e. The largest absolute Gasteiger partial charge is 0.496 e. The Bertz CT molecular complexity index is 622. The number of nitrogens with zero attached hydrogens (tertiary/aromatic N) is 1. The Kier molecular flexibility index (Phi) is 3.42. The maximum atomic E-state index is 12.2. The monoisotopic (exact) mass is 267 g/mol. The Balaban J connectivity index is 1.97. The smallest absolute Gasteiger partial charge is 0.170 e. The van der Waals surface area contributed by atoms with Gasteiger partial charge in [0.05, 0.1) is 18.4 Å². The van der Waals surface area contributed by atoms with Gasteiger partial charge in [0.1, 0.15) is 5.75 Å². The minimum Gasteiger partial charge on any atom is -0.496 e. The summed E-state index contributed by atoms with van der Waals surface area (Å²) in [4.78, 5) is 14.4. The van der Waals surface area contributed by atoms with Crippen molar-refractivity contribution in [2.75, 3.05) is 18.6 Å². The van der Waals surface area contributed by atoms with Crippen molar-refractivity contribution in [3.05, 3.63) is 59.7 Å². The van der Waals surface area contributed by atoms with Crippen LogP contribution in [0.3, 0.4) is 0 Å². The summed E-state index contributed by atoms with van der Waals surface area (Å²) >= 11 is 0. The van der Waals surface area contributed by atoms with Crippen molar-refractivity contribution in [2.45, 2.75) is 13.0 Å². The highest BCUT2D eigenvalue weighted by Crippen LogP contribution is 2.34. The molecular formula is C17H17NO2. The topological polar surface area (TPSA) is 29.5 Å². The molecule has 2 aromatic rings. The SMILES string of the molecule is COc1cccc2c1C(=O)CCN2Cc1ccccc1. The predicted molar refractivity (Wildman–Crippen MR) is 79.4 cm³/mol. The molecule has 3 nitrogen and oxygen atoms in total. The van der Waals surface area contributed by atoms with E-state index in [1.165, 1.54) is 5.56 Å². The Morgan fingerprint density at radius 3 is 2.65 bits per heavy atom. The molecule has 0 aliphatic carbocycles. The highest BCUT2D eigenvalue weighted by Gasteiger charge is 2.26. The lowest BCUT2D eigenvalue weighted by molar-refractivity contribution is 0.0976. The number of hydrogen-bond donors (Lipinski definition) is 0. The number of methoxy groups -OCH3 is 1. The molecule has 3 rings (SSSR count). The second kappa shape index (κ2) is 5.37. The lowest BCUT2D eigenvalue weighted by Crippen LogP contribution is -2.31. The summed E-state index contributed by atoms with van der Waals surface area (Å²) in [5, 5.41) is 0. The van der Waals surface area contributed by atoms with E-state index in [1.807, 2.05) is 36.4 Å². The molecule has 0 aromatic heterocycles. The van der Waals surface area contributed by atoms with Crippen molar-refractivity contribution in [1.29, 1.82) is 0 Å². The predicted octanol–water partition coefficient (Wildman–Crippen LogP) is 3.29. The fraction of sp³-hybridized carbons (Fsp3) is 0.235. The van der Waals surface area contributed by atoms with Crippen LogP contribution < -0.4 is 9.64 Å². The molecule has 102 valence electrons. The van der Waals surface area contributed by atoms with Crippen LogP contribution in [0, 0.1) is 0 Å². The summed E-state index contributed by atoms with van der Waals surface area (Å²) in [6, 6.07) is 16.1. The second-order valence-electron chi connectivity index (χ2n) is 4.93. The summed E-state index contributed by atoms with van der Waals surface area (Å²) in [7, 11) is 1.61. The second-order valence-corrected chi connectivity index (χ2v) is 4.93. The van der Waals surface area contributed by atoms with Gasteiger partial charge in [-0.1, -0.05) is 36.4 Å². The molecule has 0 N–H and O–H groups in total. The normalized spacial score (nSPS) is 14.1. The van der Waals surface area contributed by atoms with Gasteiger partial charge in [-0.05, 0) is 17.7 Å². The van der Waals surface area contributed by atoms with E-state index in [0.29, 0.717) is 12.2 Å². The van der Waals surface area contributed by atoms with Crippen molar-refractivity contribution in [1.82, 2.24) is 0 Å². The highest BCUT2D eigenvalue weighted by atomic mass is 16.5. The van der Waals surface area contributed by atoms with Crippen molar-refractivity contribution in [3.63, 3.8) is 0 Å². The molecule has 0 fully saturated rings. The molecule has 0 bridgehead atoms. The number of rotatable bonds is 3. The van der Waals surface area contributed by atoms with E-state index in [2.05, 4.69) is 17.0 Å². The molecule has 3 heteroatoms. The van der Waals surface area contributed by atoms with E-state index < -0.39 is 0 Å². The molecule has 1 aliphatic rings. The van der Waals surface area contributed by atoms with Crippen LogP contribution in [-0.2, 0) is 6.54 Å². The molecule has 0 amide bonds. The van der Waals surface area contributed by atoms with Crippen molar-refractivity contribution in [2.24, 2.45) is 0 Å². The number of benzene rings is 2. The lowest BCUT2D eigenvalue weighted by Gasteiger charge is -2.31. The quantitative estimate of drug-likeness (QED) is 0.854. The first kappa shape index (κ1) is 12.7. The first-order valence-corrected chi connectivity index (χ1v) is 6.78. The third kappa shape index (κ3) is 2.27. The fourth-order valence-corrected chi connectivity index (χ4v) is 2.68. The number of anilines is 1. The van der Waals surface area contributed by atoms with Crippen LogP contribution in [-0.4, -0.2) is 19.4 Å². The van der Waals surface area contributed by atoms with Crippen LogP contribution in [0.15, 0.2) is 48.5 Å². The molecule has 0 saturated carbocycles. The minimum absolute atomic E-state index is 0.168. The summed E-state index contributed by atoms with van der Waals surface area (Å²) in [6.07, 6.45) is 0.542. The zero-order chi connectivity index (χ0) is 13.9. The fourth-order valence-electron chi connectivity index (χ4n) is 2.68. The molecule has 2 aromatic carbocycles. The Hall–Kier alpha value is -2.29. The van der Waals surface area contributed by atoms with Crippen molar-refractivity contribution in [3.8, 4) is 5.75 Å². The van der Waals surface area contributed by atoms with Crippen LogP contribution in [0.25, 0.3) is 0 Å². The number of Topliss-reactive ketones (excluding diaryl/α,β-unsaturated/α-hetero) is 1. The number of carbonyl (C=O) groups is 1. The lowest BCUT2D eigenvalue weighted by atomic mass is 9.98. The number of fused-ring (bicyclic) bond motifs is 1. The summed E-state index contributed by atoms with van der Waals surface area (Å²) < 4.78 is 5.33. The van der Waals surface area contributed by atoms with Gasteiger partial charge in [0.25, 0.3) is 0 Å². The third-order valence-corrected chi connectivity index (χ3v) is 3.67. The van der Waals surface area contributed by atoms with Crippen LogP contribution in [0.5, 0.6) is 5.75 Å². The molecule has 1 heterocycles. The summed E-state index contributed by atoms with van der Waals surface area (Å²) in [5.41, 5.74) is 2.94. The van der Waals surface area contributed by atoms with E-state index in [-0.39, 0.29) is 5.78 Å². The summed E-state index contributed by atoms with van der Waals surface area (Å²) in [6.45, 7) is 1.57. The summed E-state index contributed by atoms with van der Waals surface area (Å²) in [5.74, 6) is 0.840. The van der Waals surface area contributed by atoms with Gasteiger partial charge in [-0.15, -0.1) is 0 Å². The number of ether oxygens (including phenoxy) is 1. The van der Waals surface area contributed by atoms with Gasteiger partial charge < -0.3 is 9.64 Å². The van der Waals surface area contributed by atoms with Crippen LogP contribution in [0.2, 0.25) is 0 Å². The van der Waals surface area contributed by atoms with Gasteiger partial charge in [-0.2, -0.15) is 0 Å². The number of hydrogen-bond acceptors (Lipinski definition) is 3. The first-order chi connectivity index (χ1) is 9.79. The van der Waals surface area contributed by atoms with Gasteiger partial charge in [-0.3, -0.25) is 4.79 Å². The average molecular weight is 267 g/mol. The Morgan fingerprint density at radius 2 is 1.90 bits per heavy atom. The van der Waals surface area contributed by atoms with Gasteiger partial charge >= 0.3 is 0 Å².